The molecule has 1 atom stereocenters. The van der Waals surface area contributed by atoms with Crippen molar-refractivity contribution >= 4 is 5.97 Å². The Morgan fingerprint density at radius 2 is 1.64 bits per heavy atom. The molecule has 0 bridgehead atoms. The maximum atomic E-state index is 10.7. The van der Waals surface area contributed by atoms with E-state index >= 15 is 0 Å². The van der Waals surface area contributed by atoms with Gasteiger partial charge >= 0.3 is 5.97 Å². The van der Waals surface area contributed by atoms with Crippen LogP contribution in [0.1, 0.15) is 52.4 Å². The molecule has 0 aromatic carbocycles. The number of carboxylic acids is 1. The molecule has 0 heterocycles. The van der Waals surface area contributed by atoms with Crippen LogP contribution in [-0.2, 0) is 4.79 Å². The van der Waals surface area contributed by atoms with E-state index in [1.807, 2.05) is 0 Å². The SMILES string of the molecule is CCCCC(CCCC)C(N)C(=O)O. The molecular weight excluding hydrogens is 178 g/mol. The lowest BCUT2D eigenvalue weighted by atomic mass is 9.89. The lowest BCUT2D eigenvalue weighted by molar-refractivity contribution is -0.140. The van der Waals surface area contributed by atoms with E-state index < -0.39 is 12.0 Å². The molecular formula is C11H23NO2. The molecule has 0 aliphatic carbocycles. The van der Waals surface area contributed by atoms with Gasteiger partial charge in [0.2, 0.25) is 0 Å². The largest absolute Gasteiger partial charge is 0.480 e. The highest BCUT2D eigenvalue weighted by Crippen LogP contribution is 2.19. The standard InChI is InChI=1S/C11H23NO2/c1-3-5-7-9(8-6-4-2)10(12)11(13)14/h9-10H,3-8,12H2,1-2H3,(H,13,14). The Kier molecular flexibility index (Phi) is 7.48. The molecule has 1 unspecified atom stereocenters. The molecule has 84 valence electrons. The average molecular weight is 201 g/mol. The van der Waals surface area contributed by atoms with Crippen molar-refractivity contribution in [1.82, 2.24) is 0 Å². The van der Waals surface area contributed by atoms with Crippen LogP contribution in [0.25, 0.3) is 0 Å². The number of hydrogen-bond acceptors (Lipinski definition) is 2. The number of unbranched alkanes of at least 4 members (excludes halogenated alkanes) is 2. The van der Waals surface area contributed by atoms with Crippen LogP contribution in [0.15, 0.2) is 0 Å². The van der Waals surface area contributed by atoms with Gasteiger partial charge in [0, 0.05) is 0 Å². The molecule has 0 rings (SSSR count). The van der Waals surface area contributed by atoms with Crippen LogP contribution in [0.2, 0.25) is 0 Å². The number of aliphatic carboxylic acids is 1. The predicted octanol–water partition coefficient (Wildman–Crippen LogP) is 2.39. The second-order valence-corrected chi connectivity index (χ2v) is 3.91. The summed E-state index contributed by atoms with van der Waals surface area (Å²) in [5, 5.41) is 8.83. The highest BCUT2D eigenvalue weighted by atomic mass is 16.4. The third-order valence-corrected chi connectivity index (χ3v) is 2.65. The second-order valence-electron chi connectivity index (χ2n) is 3.91. The first-order valence-electron chi connectivity index (χ1n) is 5.61. The van der Waals surface area contributed by atoms with E-state index in [2.05, 4.69) is 13.8 Å². The van der Waals surface area contributed by atoms with Gasteiger partial charge in [-0.2, -0.15) is 0 Å². The Hall–Kier alpha value is -0.570. The van der Waals surface area contributed by atoms with Crippen molar-refractivity contribution < 1.29 is 9.90 Å². The van der Waals surface area contributed by atoms with Crippen LogP contribution in [0.3, 0.4) is 0 Å². The van der Waals surface area contributed by atoms with Gasteiger partial charge in [0.15, 0.2) is 0 Å². The Morgan fingerprint density at radius 3 is 1.93 bits per heavy atom. The maximum absolute atomic E-state index is 10.7. The Balaban J connectivity index is 4.01. The molecule has 0 amide bonds. The predicted molar refractivity (Wildman–Crippen MR) is 58.2 cm³/mol. The number of hydrogen-bond donors (Lipinski definition) is 2. The van der Waals surface area contributed by atoms with Crippen LogP contribution in [0.4, 0.5) is 0 Å². The minimum Gasteiger partial charge on any atom is -0.480 e. The smallest absolute Gasteiger partial charge is 0.320 e. The minimum absolute atomic E-state index is 0.160. The van der Waals surface area contributed by atoms with Gasteiger partial charge in [-0.1, -0.05) is 39.5 Å². The maximum Gasteiger partial charge on any atom is 0.320 e. The summed E-state index contributed by atoms with van der Waals surface area (Å²) in [4.78, 5) is 10.7. The fourth-order valence-corrected chi connectivity index (χ4v) is 1.64. The first-order chi connectivity index (χ1) is 6.63. The molecule has 0 aliphatic rings. The van der Waals surface area contributed by atoms with Gasteiger partial charge in [0.05, 0.1) is 0 Å². The summed E-state index contributed by atoms with van der Waals surface area (Å²) in [7, 11) is 0. The first kappa shape index (κ1) is 13.4. The van der Waals surface area contributed by atoms with Gasteiger partial charge in [-0.3, -0.25) is 4.79 Å². The highest BCUT2D eigenvalue weighted by molar-refractivity contribution is 5.73. The van der Waals surface area contributed by atoms with E-state index in [1.165, 1.54) is 0 Å². The zero-order chi connectivity index (χ0) is 11.0. The second kappa shape index (κ2) is 7.80. The van der Waals surface area contributed by atoms with Crippen LogP contribution in [-0.4, -0.2) is 17.1 Å². The normalized spacial score (nSPS) is 13.1. The monoisotopic (exact) mass is 201 g/mol. The molecule has 3 nitrogen and oxygen atoms in total. The topological polar surface area (TPSA) is 63.3 Å². The zero-order valence-electron chi connectivity index (χ0n) is 9.33. The molecule has 0 saturated carbocycles. The molecule has 14 heavy (non-hydrogen) atoms. The van der Waals surface area contributed by atoms with Gasteiger partial charge in [0.25, 0.3) is 0 Å². The highest BCUT2D eigenvalue weighted by Gasteiger charge is 2.22. The van der Waals surface area contributed by atoms with Crippen molar-refractivity contribution in [3.8, 4) is 0 Å². The fraction of sp³-hybridized carbons (Fsp3) is 0.909. The van der Waals surface area contributed by atoms with Gasteiger partial charge in [0.1, 0.15) is 6.04 Å². The van der Waals surface area contributed by atoms with Gasteiger partial charge < -0.3 is 10.8 Å². The van der Waals surface area contributed by atoms with Crippen LogP contribution >= 0.6 is 0 Å². The summed E-state index contributed by atoms with van der Waals surface area (Å²) >= 11 is 0. The third kappa shape index (κ3) is 5.22. The van der Waals surface area contributed by atoms with Crippen molar-refractivity contribution in [3.63, 3.8) is 0 Å². The first-order valence-corrected chi connectivity index (χ1v) is 5.61. The van der Waals surface area contributed by atoms with E-state index in [0.29, 0.717) is 0 Å². The van der Waals surface area contributed by atoms with E-state index in [9.17, 15) is 4.79 Å². The van der Waals surface area contributed by atoms with Gasteiger partial charge in [-0.15, -0.1) is 0 Å². The lowest BCUT2D eigenvalue weighted by Crippen LogP contribution is -2.38. The van der Waals surface area contributed by atoms with Crippen molar-refractivity contribution in [2.75, 3.05) is 0 Å². The summed E-state index contributed by atoms with van der Waals surface area (Å²) in [5.41, 5.74) is 5.64. The van der Waals surface area contributed by atoms with E-state index in [0.717, 1.165) is 38.5 Å². The van der Waals surface area contributed by atoms with Crippen LogP contribution < -0.4 is 5.73 Å². The van der Waals surface area contributed by atoms with E-state index in [1.54, 1.807) is 0 Å². The number of carbonyl (C=O) groups is 1. The molecule has 0 spiro atoms. The Morgan fingerprint density at radius 1 is 1.21 bits per heavy atom. The molecule has 0 fully saturated rings. The van der Waals surface area contributed by atoms with Crippen molar-refractivity contribution in [2.24, 2.45) is 11.7 Å². The molecule has 0 aromatic heterocycles. The Bertz CT molecular complexity index is 151. The molecule has 3 N–H and O–H groups in total. The van der Waals surface area contributed by atoms with Crippen molar-refractivity contribution in [2.45, 2.75) is 58.4 Å². The lowest BCUT2D eigenvalue weighted by Gasteiger charge is -2.20. The summed E-state index contributed by atoms with van der Waals surface area (Å²) in [6, 6.07) is -0.673. The molecule has 0 aromatic rings. The van der Waals surface area contributed by atoms with Crippen LogP contribution in [0, 0.1) is 5.92 Å². The van der Waals surface area contributed by atoms with Crippen molar-refractivity contribution in [1.29, 1.82) is 0 Å². The fourth-order valence-electron chi connectivity index (χ4n) is 1.64. The molecule has 0 radical (unpaired) electrons. The van der Waals surface area contributed by atoms with Crippen molar-refractivity contribution in [3.05, 3.63) is 0 Å². The molecule has 0 aliphatic heterocycles. The third-order valence-electron chi connectivity index (χ3n) is 2.65. The summed E-state index contributed by atoms with van der Waals surface area (Å²) in [6.45, 7) is 4.23. The zero-order valence-corrected chi connectivity index (χ0v) is 9.33. The van der Waals surface area contributed by atoms with E-state index in [-0.39, 0.29) is 5.92 Å². The number of nitrogens with two attached hydrogens (primary N) is 1. The molecule has 3 heteroatoms. The number of carboxylic acid groups (broad SMARTS) is 1. The summed E-state index contributed by atoms with van der Waals surface area (Å²) in [5.74, 6) is -0.699. The minimum atomic E-state index is -0.859. The Labute approximate surface area is 86.7 Å². The summed E-state index contributed by atoms with van der Waals surface area (Å²) in [6.07, 6.45) is 6.27. The van der Waals surface area contributed by atoms with E-state index in [4.69, 9.17) is 10.8 Å². The molecule has 0 saturated heterocycles. The quantitative estimate of drug-likeness (QED) is 0.633. The average Bonchev–Trinajstić information content (AvgIpc) is 2.17. The number of rotatable bonds is 8. The summed E-state index contributed by atoms with van der Waals surface area (Å²) < 4.78 is 0. The van der Waals surface area contributed by atoms with Gasteiger partial charge in [-0.05, 0) is 18.8 Å². The van der Waals surface area contributed by atoms with Crippen LogP contribution in [0.5, 0.6) is 0 Å². The van der Waals surface area contributed by atoms with Gasteiger partial charge in [-0.25, -0.2) is 0 Å².